The molecule has 2 aromatic rings. The number of aromatic hydroxyl groups is 3. The van der Waals surface area contributed by atoms with E-state index in [1.807, 2.05) is 4.90 Å². The summed E-state index contributed by atoms with van der Waals surface area (Å²) in [4.78, 5) is 6.15. The van der Waals surface area contributed by atoms with Gasteiger partial charge in [-0.25, -0.2) is 0 Å². The Kier molecular flexibility index (Phi) is 2.52. The molecule has 5 heteroatoms. The summed E-state index contributed by atoms with van der Waals surface area (Å²) < 4.78 is 0. The van der Waals surface area contributed by atoms with Gasteiger partial charge in [0, 0.05) is 24.0 Å². The van der Waals surface area contributed by atoms with Gasteiger partial charge in [-0.05, 0) is 24.3 Å². The molecule has 0 saturated heterocycles. The molecule has 96 valence electrons. The molecule has 0 amide bonds. The monoisotopic (exact) mass is 256 g/mol. The van der Waals surface area contributed by atoms with Crippen LogP contribution in [-0.4, -0.2) is 22.0 Å². The first-order valence-corrected chi connectivity index (χ1v) is 5.77. The van der Waals surface area contributed by atoms with E-state index in [4.69, 9.17) is 0 Å². The van der Waals surface area contributed by atoms with Crippen LogP contribution in [0.25, 0.3) is 6.20 Å². The summed E-state index contributed by atoms with van der Waals surface area (Å²) in [5.74, 6) is 0.180. The predicted molar refractivity (Wildman–Crippen MR) is 70.5 cm³/mol. The van der Waals surface area contributed by atoms with E-state index in [1.54, 1.807) is 30.5 Å². The van der Waals surface area contributed by atoms with Crippen LogP contribution in [0.2, 0.25) is 0 Å². The molecule has 0 spiro atoms. The van der Waals surface area contributed by atoms with E-state index in [9.17, 15) is 15.3 Å². The molecule has 0 radical (unpaired) electrons. The largest absolute Gasteiger partial charge is 0.508 e. The van der Waals surface area contributed by atoms with Crippen molar-refractivity contribution in [3.63, 3.8) is 0 Å². The zero-order valence-electron chi connectivity index (χ0n) is 9.98. The van der Waals surface area contributed by atoms with Gasteiger partial charge in [0.25, 0.3) is 0 Å². The Balaban J connectivity index is 2.09. The molecule has 1 heterocycles. The van der Waals surface area contributed by atoms with Crippen LogP contribution in [0.4, 0.5) is 5.69 Å². The third-order valence-corrected chi connectivity index (χ3v) is 2.98. The fourth-order valence-corrected chi connectivity index (χ4v) is 2.02. The first-order chi connectivity index (χ1) is 9.13. The Labute approximate surface area is 109 Å². The fourth-order valence-electron chi connectivity index (χ4n) is 2.02. The Morgan fingerprint density at radius 2 is 1.68 bits per heavy atom. The molecular weight excluding hydrogens is 244 g/mol. The SMILES string of the molecule is Oc1ccc(N2C=c3c(O)cc(O)cc3=NC2)cc1. The summed E-state index contributed by atoms with van der Waals surface area (Å²) in [6.07, 6.45) is 1.77. The normalized spacial score (nSPS) is 13.4. The van der Waals surface area contributed by atoms with E-state index in [-0.39, 0.29) is 17.2 Å². The molecule has 0 aliphatic carbocycles. The summed E-state index contributed by atoms with van der Waals surface area (Å²) >= 11 is 0. The Morgan fingerprint density at radius 1 is 0.947 bits per heavy atom. The Morgan fingerprint density at radius 3 is 2.42 bits per heavy atom. The summed E-state index contributed by atoms with van der Waals surface area (Å²) in [6, 6.07) is 9.52. The van der Waals surface area contributed by atoms with E-state index < -0.39 is 0 Å². The maximum Gasteiger partial charge on any atom is 0.130 e. The van der Waals surface area contributed by atoms with Gasteiger partial charge in [-0.1, -0.05) is 0 Å². The number of phenolic OH excluding ortho intramolecular Hbond substituents is 3. The smallest absolute Gasteiger partial charge is 0.130 e. The molecule has 1 aliphatic heterocycles. The van der Waals surface area contributed by atoms with E-state index in [0.717, 1.165) is 5.69 Å². The van der Waals surface area contributed by atoms with E-state index >= 15 is 0 Å². The zero-order chi connectivity index (χ0) is 13.4. The van der Waals surface area contributed by atoms with E-state index in [2.05, 4.69) is 4.99 Å². The number of phenols is 3. The lowest BCUT2D eigenvalue weighted by Gasteiger charge is -2.21. The number of rotatable bonds is 1. The molecule has 3 N–H and O–H groups in total. The van der Waals surface area contributed by atoms with Gasteiger partial charge in [-0.2, -0.15) is 0 Å². The van der Waals surface area contributed by atoms with Crippen LogP contribution in [0, 0.1) is 0 Å². The highest BCUT2D eigenvalue weighted by Gasteiger charge is 2.09. The lowest BCUT2D eigenvalue weighted by atomic mass is 10.2. The van der Waals surface area contributed by atoms with Crippen LogP contribution in [0.5, 0.6) is 17.2 Å². The number of anilines is 1. The highest BCUT2D eigenvalue weighted by molar-refractivity contribution is 5.61. The molecule has 0 aromatic heterocycles. The average Bonchev–Trinajstić information content (AvgIpc) is 2.39. The zero-order valence-corrected chi connectivity index (χ0v) is 9.98. The first-order valence-electron chi connectivity index (χ1n) is 5.77. The second kappa shape index (κ2) is 4.20. The van der Waals surface area contributed by atoms with Crippen LogP contribution < -0.4 is 15.5 Å². The van der Waals surface area contributed by atoms with Crippen LogP contribution >= 0.6 is 0 Å². The maximum atomic E-state index is 9.83. The number of hydrogen-bond donors (Lipinski definition) is 3. The van der Waals surface area contributed by atoms with Gasteiger partial charge in [0.15, 0.2) is 0 Å². The minimum atomic E-state index is -0.0118. The summed E-state index contributed by atoms with van der Waals surface area (Å²) in [5, 5.41) is 29.6. The standard InChI is InChI=1S/C14H12N2O3/c17-10-3-1-9(2-4-10)16-7-12-13(15-8-16)5-11(18)6-14(12)19/h1-7,17-19H,8H2. The van der Waals surface area contributed by atoms with E-state index in [1.165, 1.54) is 12.1 Å². The second-order valence-corrected chi connectivity index (χ2v) is 4.31. The van der Waals surface area contributed by atoms with Gasteiger partial charge in [-0.15, -0.1) is 0 Å². The third kappa shape index (κ3) is 2.06. The number of benzene rings is 2. The molecule has 19 heavy (non-hydrogen) atoms. The van der Waals surface area contributed by atoms with Crippen molar-refractivity contribution in [2.75, 3.05) is 11.6 Å². The molecular formula is C14H12N2O3. The third-order valence-electron chi connectivity index (χ3n) is 2.98. The number of fused-ring (bicyclic) bond motifs is 1. The van der Waals surface area contributed by atoms with Gasteiger partial charge in [0.1, 0.15) is 23.9 Å². The summed E-state index contributed by atoms with van der Waals surface area (Å²) in [7, 11) is 0. The van der Waals surface area contributed by atoms with Crippen molar-refractivity contribution >= 4 is 11.9 Å². The van der Waals surface area contributed by atoms with Crippen molar-refractivity contribution in [1.82, 2.24) is 0 Å². The maximum absolute atomic E-state index is 9.83. The van der Waals surface area contributed by atoms with Gasteiger partial charge >= 0.3 is 0 Å². The molecule has 0 saturated carbocycles. The van der Waals surface area contributed by atoms with Gasteiger partial charge in [0.05, 0.1) is 10.6 Å². The Bertz CT molecular complexity index is 739. The molecule has 2 aromatic carbocycles. The van der Waals surface area contributed by atoms with Crippen LogP contribution in [0.15, 0.2) is 41.4 Å². The Hall–Kier alpha value is -2.69. The average molecular weight is 256 g/mol. The summed E-state index contributed by atoms with van der Waals surface area (Å²) in [5.41, 5.74) is 0.861. The molecule has 5 nitrogen and oxygen atoms in total. The fraction of sp³-hybridized carbons (Fsp3) is 0.0714. The van der Waals surface area contributed by atoms with Crippen molar-refractivity contribution in [1.29, 1.82) is 0 Å². The topological polar surface area (TPSA) is 76.3 Å². The van der Waals surface area contributed by atoms with Crippen molar-refractivity contribution in [2.45, 2.75) is 0 Å². The van der Waals surface area contributed by atoms with Crippen LogP contribution in [0.3, 0.4) is 0 Å². The van der Waals surface area contributed by atoms with E-state index in [0.29, 0.717) is 17.2 Å². The molecule has 1 aliphatic rings. The lowest BCUT2D eigenvalue weighted by molar-refractivity contribution is 0.445. The van der Waals surface area contributed by atoms with Crippen molar-refractivity contribution in [3.05, 3.63) is 47.0 Å². The minimum absolute atomic E-state index is 0.00789. The molecule has 3 rings (SSSR count). The van der Waals surface area contributed by atoms with Crippen molar-refractivity contribution in [2.24, 2.45) is 4.99 Å². The van der Waals surface area contributed by atoms with Crippen LogP contribution in [0.1, 0.15) is 0 Å². The number of hydrogen-bond acceptors (Lipinski definition) is 5. The van der Waals surface area contributed by atoms with Crippen molar-refractivity contribution < 1.29 is 15.3 Å². The highest BCUT2D eigenvalue weighted by atomic mass is 16.3. The summed E-state index contributed by atoms with van der Waals surface area (Å²) in [6.45, 7) is 0.390. The van der Waals surface area contributed by atoms with Crippen molar-refractivity contribution in [3.8, 4) is 17.2 Å². The highest BCUT2D eigenvalue weighted by Crippen LogP contribution is 2.20. The minimum Gasteiger partial charge on any atom is -0.508 e. The quantitative estimate of drug-likeness (QED) is 0.700. The molecule has 0 fully saturated rings. The van der Waals surface area contributed by atoms with Gasteiger partial charge in [0.2, 0.25) is 0 Å². The first kappa shape index (κ1) is 11.4. The molecule has 0 bridgehead atoms. The lowest BCUT2D eigenvalue weighted by Crippen LogP contribution is -2.35. The van der Waals surface area contributed by atoms with Gasteiger partial charge < -0.3 is 20.2 Å². The number of nitrogens with zero attached hydrogens (tertiary/aromatic N) is 2. The molecule has 0 atom stereocenters. The predicted octanol–water partition coefficient (Wildman–Crippen LogP) is 0.639. The second-order valence-electron chi connectivity index (χ2n) is 4.31. The van der Waals surface area contributed by atoms with Gasteiger partial charge in [-0.3, -0.25) is 4.99 Å². The molecule has 0 unspecified atom stereocenters. The van der Waals surface area contributed by atoms with Crippen LogP contribution in [-0.2, 0) is 0 Å².